The van der Waals surface area contributed by atoms with Gasteiger partial charge in [0.15, 0.2) is 5.44 Å². The van der Waals surface area contributed by atoms with Gasteiger partial charge in [-0.1, -0.05) is 26.8 Å². The number of ether oxygens (including phenoxy) is 2. The topological polar surface area (TPSA) is 92.7 Å². The van der Waals surface area contributed by atoms with Gasteiger partial charge in [0.2, 0.25) is 6.29 Å². The van der Waals surface area contributed by atoms with E-state index in [4.69, 9.17) is 9.47 Å². The van der Waals surface area contributed by atoms with Crippen molar-refractivity contribution in [3.8, 4) is 0 Å². The van der Waals surface area contributed by atoms with Crippen molar-refractivity contribution in [2.24, 2.45) is 0 Å². The smallest absolute Gasteiger partial charge is 0.746 e. The number of carbonyl (C=O) groups is 1. The minimum Gasteiger partial charge on any atom is -0.746 e. The minimum absolute atomic E-state index is 0. The number of esters is 1. The van der Waals surface area contributed by atoms with Crippen LogP contribution in [0.15, 0.2) is 12.2 Å². The van der Waals surface area contributed by atoms with Crippen LogP contribution in [0.2, 0.25) is 0 Å². The Hall–Kier alpha value is 0.0800. The maximum atomic E-state index is 11.3. The standard InChI is InChI=1S/C11H20O6S.Na/c1-5-7-9(17-11(12)8(3)4)16-10(6-2)18(13,14)15;/h9-10H,3,5-7H2,1-2,4H3,(H,13,14,15);/q;+1/p-1. The van der Waals surface area contributed by atoms with Gasteiger partial charge < -0.3 is 14.0 Å². The van der Waals surface area contributed by atoms with Gasteiger partial charge in [0, 0.05) is 12.0 Å². The summed E-state index contributed by atoms with van der Waals surface area (Å²) in [4.78, 5) is 11.3. The summed E-state index contributed by atoms with van der Waals surface area (Å²) in [5, 5.41) is 0. The van der Waals surface area contributed by atoms with Gasteiger partial charge in [-0.2, -0.15) is 0 Å². The molecule has 0 radical (unpaired) electrons. The molecule has 0 spiro atoms. The SMILES string of the molecule is C=C(C)C(=O)OC(CCC)OC(CC)S(=O)(=O)[O-].[Na+]. The summed E-state index contributed by atoms with van der Waals surface area (Å²) in [6.45, 7) is 8.19. The van der Waals surface area contributed by atoms with E-state index in [1.807, 2.05) is 6.92 Å². The zero-order valence-electron chi connectivity index (χ0n) is 11.8. The van der Waals surface area contributed by atoms with E-state index in [1.54, 1.807) is 0 Å². The molecular weight excluding hydrogens is 283 g/mol. The Labute approximate surface area is 136 Å². The fourth-order valence-electron chi connectivity index (χ4n) is 1.15. The Morgan fingerprint density at radius 1 is 1.37 bits per heavy atom. The van der Waals surface area contributed by atoms with Crippen molar-refractivity contribution in [1.29, 1.82) is 0 Å². The first-order valence-electron chi connectivity index (χ1n) is 5.69. The Morgan fingerprint density at radius 2 is 1.89 bits per heavy atom. The number of carbonyl (C=O) groups excluding carboxylic acids is 1. The van der Waals surface area contributed by atoms with E-state index in [-0.39, 0.29) is 41.6 Å². The largest absolute Gasteiger partial charge is 1.00 e. The van der Waals surface area contributed by atoms with E-state index in [1.165, 1.54) is 13.8 Å². The molecule has 0 bridgehead atoms. The molecule has 0 saturated carbocycles. The van der Waals surface area contributed by atoms with Crippen LogP contribution in [0.5, 0.6) is 0 Å². The second kappa shape index (κ2) is 9.90. The van der Waals surface area contributed by atoms with Crippen molar-refractivity contribution in [1.82, 2.24) is 0 Å². The minimum atomic E-state index is -4.57. The summed E-state index contributed by atoms with van der Waals surface area (Å²) < 4.78 is 42.6. The molecular formula is C11H19NaO6S. The molecule has 0 saturated heterocycles. The summed E-state index contributed by atoms with van der Waals surface area (Å²) >= 11 is 0. The van der Waals surface area contributed by atoms with Crippen LogP contribution >= 0.6 is 0 Å². The molecule has 19 heavy (non-hydrogen) atoms. The van der Waals surface area contributed by atoms with E-state index in [2.05, 4.69) is 6.58 Å². The van der Waals surface area contributed by atoms with E-state index in [0.717, 1.165) is 0 Å². The summed E-state index contributed by atoms with van der Waals surface area (Å²) in [7, 11) is -4.57. The molecule has 2 unspecified atom stereocenters. The first kappa shape index (κ1) is 21.4. The van der Waals surface area contributed by atoms with Gasteiger partial charge in [0.1, 0.15) is 10.1 Å². The van der Waals surface area contributed by atoms with E-state index >= 15 is 0 Å². The average molecular weight is 302 g/mol. The summed E-state index contributed by atoms with van der Waals surface area (Å²) in [6.07, 6.45) is -0.126. The molecule has 2 atom stereocenters. The molecule has 0 aliphatic rings. The molecule has 8 heteroatoms. The Balaban J connectivity index is 0. The van der Waals surface area contributed by atoms with Crippen LogP contribution < -0.4 is 29.6 Å². The van der Waals surface area contributed by atoms with E-state index < -0.39 is 27.8 Å². The molecule has 106 valence electrons. The Kier molecular flexibility index (Phi) is 11.1. The summed E-state index contributed by atoms with van der Waals surface area (Å²) in [5.74, 6) is -0.674. The molecule has 6 nitrogen and oxygen atoms in total. The van der Waals surface area contributed by atoms with Crippen LogP contribution in [-0.2, 0) is 24.4 Å². The number of rotatable bonds is 8. The van der Waals surface area contributed by atoms with Crippen molar-refractivity contribution in [3.05, 3.63) is 12.2 Å². The zero-order chi connectivity index (χ0) is 14.3. The maximum absolute atomic E-state index is 11.3. The van der Waals surface area contributed by atoms with Gasteiger partial charge in [-0.3, -0.25) is 0 Å². The van der Waals surface area contributed by atoms with Crippen LogP contribution in [0.4, 0.5) is 0 Å². The van der Waals surface area contributed by atoms with Gasteiger partial charge in [-0.05, 0) is 13.3 Å². The normalized spacial score (nSPS) is 14.1. The molecule has 0 aromatic heterocycles. The molecule has 0 aliphatic carbocycles. The van der Waals surface area contributed by atoms with E-state index in [0.29, 0.717) is 12.8 Å². The second-order valence-corrected chi connectivity index (χ2v) is 5.38. The van der Waals surface area contributed by atoms with Crippen molar-refractivity contribution >= 4 is 16.1 Å². The number of hydrogen-bond acceptors (Lipinski definition) is 6. The van der Waals surface area contributed by atoms with Gasteiger partial charge in [-0.25, -0.2) is 13.2 Å². The molecule has 0 aromatic rings. The van der Waals surface area contributed by atoms with E-state index in [9.17, 15) is 17.8 Å². The van der Waals surface area contributed by atoms with Gasteiger partial charge >= 0.3 is 35.5 Å². The fourth-order valence-corrected chi connectivity index (χ4v) is 1.82. The summed E-state index contributed by atoms with van der Waals surface area (Å²) in [6, 6.07) is 0. The van der Waals surface area contributed by atoms with Crippen LogP contribution in [0, 0.1) is 0 Å². The van der Waals surface area contributed by atoms with Crippen molar-refractivity contribution < 1.29 is 56.8 Å². The molecule has 0 heterocycles. The van der Waals surface area contributed by atoms with Crippen LogP contribution in [0.25, 0.3) is 0 Å². The second-order valence-electron chi connectivity index (χ2n) is 3.87. The predicted molar refractivity (Wildman–Crippen MR) is 64.5 cm³/mol. The monoisotopic (exact) mass is 302 g/mol. The fraction of sp³-hybridized carbons (Fsp3) is 0.727. The molecule has 0 amide bonds. The third kappa shape index (κ3) is 8.78. The first-order chi connectivity index (χ1) is 8.22. The molecule has 0 rings (SSSR count). The average Bonchev–Trinajstić information content (AvgIpc) is 2.23. The quantitative estimate of drug-likeness (QED) is 0.179. The Bertz CT molecular complexity index is 392. The van der Waals surface area contributed by atoms with Crippen molar-refractivity contribution in [2.45, 2.75) is 51.8 Å². The van der Waals surface area contributed by atoms with Crippen LogP contribution in [-0.4, -0.2) is 30.7 Å². The van der Waals surface area contributed by atoms with Gasteiger partial charge in [0.05, 0.1) is 0 Å². The molecule has 0 aliphatic heterocycles. The number of hydrogen-bond donors (Lipinski definition) is 0. The molecule has 0 N–H and O–H groups in total. The van der Waals surface area contributed by atoms with Gasteiger partial charge in [-0.15, -0.1) is 0 Å². The van der Waals surface area contributed by atoms with Crippen molar-refractivity contribution in [3.63, 3.8) is 0 Å². The van der Waals surface area contributed by atoms with Gasteiger partial charge in [0.25, 0.3) is 0 Å². The predicted octanol–water partition coefficient (Wildman–Crippen LogP) is -1.47. The summed E-state index contributed by atoms with van der Waals surface area (Å²) in [5.41, 5.74) is -1.33. The third-order valence-electron chi connectivity index (χ3n) is 2.07. The molecule has 0 aromatic carbocycles. The zero-order valence-corrected chi connectivity index (χ0v) is 14.7. The van der Waals surface area contributed by atoms with Crippen molar-refractivity contribution in [2.75, 3.05) is 0 Å². The maximum Gasteiger partial charge on any atom is 1.00 e. The third-order valence-corrected chi connectivity index (χ3v) is 3.16. The first-order valence-corrected chi connectivity index (χ1v) is 7.16. The molecule has 0 fully saturated rings. The van der Waals surface area contributed by atoms with Crippen LogP contribution in [0.1, 0.15) is 40.0 Å². The van der Waals surface area contributed by atoms with Crippen LogP contribution in [0.3, 0.4) is 0 Å². The Morgan fingerprint density at radius 3 is 2.21 bits per heavy atom.